The molecular formula is C16H19FN2O4. The average molecular weight is 322 g/mol. The summed E-state index contributed by atoms with van der Waals surface area (Å²) >= 11 is 0. The van der Waals surface area contributed by atoms with Crippen LogP contribution in [0.1, 0.15) is 26.3 Å². The van der Waals surface area contributed by atoms with Gasteiger partial charge in [-0.2, -0.15) is 0 Å². The summed E-state index contributed by atoms with van der Waals surface area (Å²) in [6, 6.07) is 3.06. The Labute approximate surface area is 132 Å². The number of amides is 1. The van der Waals surface area contributed by atoms with Crippen LogP contribution in [0.25, 0.3) is 10.9 Å². The minimum atomic E-state index is -1.17. The number of carbonyl (C=O) groups excluding carboxylic acids is 1. The Bertz CT molecular complexity index is 733. The second-order valence-electron chi connectivity index (χ2n) is 6.24. The summed E-state index contributed by atoms with van der Waals surface area (Å²) in [5, 5.41) is 12.3. The maximum absolute atomic E-state index is 13.2. The minimum absolute atomic E-state index is 0.0558. The van der Waals surface area contributed by atoms with Gasteiger partial charge in [0, 0.05) is 23.5 Å². The number of aromatic amines is 1. The molecule has 1 aromatic heterocycles. The number of hydrogen-bond donors (Lipinski definition) is 3. The van der Waals surface area contributed by atoms with Crippen molar-refractivity contribution in [1.82, 2.24) is 10.3 Å². The molecular weight excluding hydrogens is 303 g/mol. The second kappa shape index (κ2) is 6.28. The van der Waals surface area contributed by atoms with Gasteiger partial charge in [0.2, 0.25) is 0 Å². The van der Waals surface area contributed by atoms with Crippen LogP contribution in [0.2, 0.25) is 0 Å². The van der Waals surface area contributed by atoms with E-state index >= 15 is 0 Å². The van der Waals surface area contributed by atoms with Crippen molar-refractivity contribution in [2.75, 3.05) is 0 Å². The van der Waals surface area contributed by atoms with Crippen LogP contribution in [-0.4, -0.2) is 33.8 Å². The number of alkyl carbamates (subject to hydrolysis) is 1. The fraction of sp³-hybridized carbons (Fsp3) is 0.375. The maximum atomic E-state index is 13.2. The van der Waals surface area contributed by atoms with E-state index in [0.717, 1.165) is 0 Å². The molecule has 0 spiro atoms. The van der Waals surface area contributed by atoms with Gasteiger partial charge in [-0.1, -0.05) is 0 Å². The number of carbonyl (C=O) groups is 2. The second-order valence-corrected chi connectivity index (χ2v) is 6.24. The third-order valence-corrected chi connectivity index (χ3v) is 3.14. The third-order valence-electron chi connectivity index (χ3n) is 3.14. The van der Waals surface area contributed by atoms with Crippen molar-refractivity contribution in [3.63, 3.8) is 0 Å². The fourth-order valence-electron chi connectivity index (χ4n) is 2.20. The number of H-pyrrole nitrogens is 1. The molecule has 1 aromatic carbocycles. The lowest BCUT2D eigenvalue weighted by Crippen LogP contribution is -2.44. The van der Waals surface area contributed by atoms with Crippen molar-refractivity contribution in [3.8, 4) is 0 Å². The number of hydrogen-bond acceptors (Lipinski definition) is 3. The number of carboxylic acid groups (broad SMARTS) is 1. The number of rotatable bonds is 4. The molecule has 7 heteroatoms. The van der Waals surface area contributed by atoms with E-state index in [1.807, 2.05) is 0 Å². The molecule has 6 nitrogen and oxygen atoms in total. The zero-order chi connectivity index (χ0) is 17.2. The topological polar surface area (TPSA) is 91.4 Å². The molecule has 124 valence electrons. The van der Waals surface area contributed by atoms with Crippen molar-refractivity contribution < 1.29 is 23.8 Å². The Balaban J connectivity index is 2.15. The molecule has 2 aromatic rings. The predicted molar refractivity (Wildman–Crippen MR) is 82.8 cm³/mol. The summed E-state index contributed by atoms with van der Waals surface area (Å²) in [5.74, 6) is -1.56. The van der Waals surface area contributed by atoms with E-state index < -0.39 is 23.7 Å². The van der Waals surface area contributed by atoms with E-state index in [9.17, 15) is 19.1 Å². The summed E-state index contributed by atoms with van der Waals surface area (Å²) in [7, 11) is 0. The van der Waals surface area contributed by atoms with E-state index in [4.69, 9.17) is 4.74 Å². The molecule has 0 radical (unpaired) electrons. The molecule has 3 N–H and O–H groups in total. The van der Waals surface area contributed by atoms with Crippen molar-refractivity contribution in [3.05, 3.63) is 35.8 Å². The lowest BCUT2D eigenvalue weighted by molar-refractivity contribution is -0.139. The molecule has 0 unspecified atom stereocenters. The highest BCUT2D eigenvalue weighted by molar-refractivity contribution is 5.85. The lowest BCUT2D eigenvalue weighted by atomic mass is 10.1. The molecule has 0 aliphatic carbocycles. The number of benzene rings is 1. The number of carboxylic acids is 1. The number of fused-ring (bicyclic) bond motifs is 1. The van der Waals surface area contributed by atoms with Crippen LogP contribution < -0.4 is 5.32 Å². The molecule has 0 saturated carbocycles. The first-order valence-corrected chi connectivity index (χ1v) is 7.13. The predicted octanol–water partition coefficient (Wildman–Crippen LogP) is 2.83. The van der Waals surface area contributed by atoms with E-state index in [2.05, 4.69) is 10.3 Å². The van der Waals surface area contributed by atoms with E-state index in [1.165, 1.54) is 12.1 Å². The summed E-state index contributed by atoms with van der Waals surface area (Å²) in [5.41, 5.74) is 0.524. The zero-order valence-electron chi connectivity index (χ0n) is 13.1. The van der Waals surface area contributed by atoms with Gasteiger partial charge in [0.15, 0.2) is 0 Å². The molecule has 2 rings (SSSR count). The number of aromatic nitrogens is 1. The minimum Gasteiger partial charge on any atom is -0.480 e. The summed E-state index contributed by atoms with van der Waals surface area (Å²) in [6.45, 7) is 5.07. The molecule has 0 saturated heterocycles. The van der Waals surface area contributed by atoms with E-state index in [0.29, 0.717) is 16.5 Å². The first-order valence-electron chi connectivity index (χ1n) is 7.13. The Morgan fingerprint density at radius 3 is 2.70 bits per heavy atom. The number of aliphatic carboxylic acids is 1. The quantitative estimate of drug-likeness (QED) is 0.807. The van der Waals surface area contributed by atoms with Crippen LogP contribution in [0.3, 0.4) is 0 Å². The van der Waals surface area contributed by atoms with Crippen LogP contribution in [0, 0.1) is 5.82 Å². The van der Waals surface area contributed by atoms with Gasteiger partial charge >= 0.3 is 12.1 Å². The van der Waals surface area contributed by atoms with Crippen molar-refractivity contribution >= 4 is 23.0 Å². The Morgan fingerprint density at radius 1 is 1.39 bits per heavy atom. The van der Waals surface area contributed by atoms with Crippen LogP contribution in [-0.2, 0) is 16.0 Å². The van der Waals surface area contributed by atoms with Gasteiger partial charge < -0.3 is 20.1 Å². The van der Waals surface area contributed by atoms with Crippen molar-refractivity contribution in [2.45, 2.75) is 38.8 Å². The molecule has 0 aliphatic heterocycles. The first kappa shape index (κ1) is 16.8. The largest absolute Gasteiger partial charge is 0.480 e. The van der Waals surface area contributed by atoms with Gasteiger partial charge in [-0.25, -0.2) is 14.0 Å². The molecule has 0 bridgehead atoms. The monoisotopic (exact) mass is 322 g/mol. The smallest absolute Gasteiger partial charge is 0.408 e. The van der Waals surface area contributed by atoms with Gasteiger partial charge in [-0.15, -0.1) is 0 Å². The highest BCUT2D eigenvalue weighted by atomic mass is 19.1. The number of ether oxygens (including phenoxy) is 1. The van der Waals surface area contributed by atoms with Gasteiger partial charge in [0.25, 0.3) is 0 Å². The standard InChI is InChI=1S/C16H19FN2O4/c1-16(2,3)23-15(22)19-13(14(20)21)6-9-8-18-12-7-10(17)4-5-11(9)12/h4-5,7-8,13,18H,6H2,1-3H3,(H,19,22)(H,20,21)/t13-/m0/s1. The molecule has 1 amide bonds. The molecule has 0 aliphatic rings. The maximum Gasteiger partial charge on any atom is 0.408 e. The van der Waals surface area contributed by atoms with E-state index in [1.54, 1.807) is 33.0 Å². The SMILES string of the molecule is CC(C)(C)OC(=O)N[C@@H](Cc1c[nH]c2cc(F)ccc12)C(=O)O. The Kier molecular flexibility index (Phi) is 4.58. The lowest BCUT2D eigenvalue weighted by Gasteiger charge is -2.22. The zero-order valence-corrected chi connectivity index (χ0v) is 13.1. The normalized spacial score (nSPS) is 12.9. The summed E-state index contributed by atoms with van der Waals surface area (Å²) < 4.78 is 18.2. The highest BCUT2D eigenvalue weighted by Gasteiger charge is 2.25. The molecule has 0 fully saturated rings. The highest BCUT2D eigenvalue weighted by Crippen LogP contribution is 2.20. The first-order chi connectivity index (χ1) is 10.7. The van der Waals surface area contributed by atoms with E-state index in [-0.39, 0.29) is 12.2 Å². The van der Waals surface area contributed by atoms with Gasteiger partial charge in [0.1, 0.15) is 17.5 Å². The van der Waals surface area contributed by atoms with Gasteiger partial charge in [-0.3, -0.25) is 0 Å². The van der Waals surface area contributed by atoms with Crippen molar-refractivity contribution in [2.24, 2.45) is 0 Å². The molecule has 1 atom stereocenters. The number of halogens is 1. The van der Waals surface area contributed by atoms with Gasteiger partial charge in [-0.05, 0) is 44.5 Å². The average Bonchev–Trinajstić information content (AvgIpc) is 2.78. The summed E-state index contributed by atoms with van der Waals surface area (Å²) in [6.07, 6.45) is 0.868. The molecule has 23 heavy (non-hydrogen) atoms. The van der Waals surface area contributed by atoms with Crippen LogP contribution in [0.15, 0.2) is 24.4 Å². The summed E-state index contributed by atoms with van der Waals surface area (Å²) in [4.78, 5) is 26.0. The van der Waals surface area contributed by atoms with Crippen LogP contribution in [0.4, 0.5) is 9.18 Å². The van der Waals surface area contributed by atoms with Gasteiger partial charge in [0.05, 0.1) is 0 Å². The number of nitrogens with one attached hydrogen (secondary N) is 2. The van der Waals surface area contributed by atoms with Crippen molar-refractivity contribution in [1.29, 1.82) is 0 Å². The fourth-order valence-corrected chi connectivity index (χ4v) is 2.20. The Hall–Kier alpha value is -2.57. The van der Waals surface area contributed by atoms with Crippen LogP contribution >= 0.6 is 0 Å². The third kappa shape index (κ3) is 4.45. The molecule has 1 heterocycles. The van der Waals surface area contributed by atoms with Crippen LogP contribution in [0.5, 0.6) is 0 Å². The Morgan fingerprint density at radius 2 is 2.09 bits per heavy atom.